The predicted molar refractivity (Wildman–Crippen MR) is 74.0 cm³/mol. The first-order valence-electron chi connectivity index (χ1n) is 6.50. The third kappa shape index (κ3) is 3.90. The fourth-order valence-corrected chi connectivity index (χ4v) is 1.83. The maximum absolute atomic E-state index is 13.5. The van der Waals surface area contributed by atoms with Gasteiger partial charge < -0.3 is 15.4 Å². The lowest BCUT2D eigenvalue weighted by atomic mass is 10.1. The average Bonchev–Trinajstić information content (AvgIpc) is 2.36. The Balaban J connectivity index is 3.34. The zero-order chi connectivity index (χ0) is 17.0. The van der Waals surface area contributed by atoms with Crippen LogP contribution in [0.15, 0.2) is 24.3 Å². The lowest BCUT2D eigenvalue weighted by Gasteiger charge is -2.35. The maximum atomic E-state index is 13.5. The molecule has 0 spiro atoms. The van der Waals surface area contributed by atoms with Crippen molar-refractivity contribution in [3.8, 4) is 0 Å². The van der Waals surface area contributed by atoms with Crippen molar-refractivity contribution in [3.05, 3.63) is 29.8 Å². The Morgan fingerprint density at radius 1 is 1.27 bits per heavy atom. The van der Waals surface area contributed by atoms with Crippen molar-refractivity contribution in [1.82, 2.24) is 5.32 Å². The minimum atomic E-state index is -5.10. The minimum absolute atomic E-state index is 0.0270. The predicted octanol–water partition coefficient (Wildman–Crippen LogP) is 2.36. The molecule has 0 aliphatic rings. The van der Waals surface area contributed by atoms with E-state index in [1.807, 2.05) is 0 Å². The van der Waals surface area contributed by atoms with Crippen LogP contribution in [-0.2, 0) is 14.3 Å². The van der Waals surface area contributed by atoms with Gasteiger partial charge in [-0.3, -0.25) is 4.79 Å². The molecule has 1 rings (SSSR count). The minimum Gasteiger partial charge on any atom is -0.463 e. The number of alkyl halides is 3. The molecular formula is C14H17F3N2O3. The van der Waals surface area contributed by atoms with Gasteiger partial charge in [-0.2, -0.15) is 13.2 Å². The Bertz CT molecular complexity index is 561. The molecule has 0 heterocycles. The number of ether oxygens (including phenoxy) is 1. The molecule has 1 atom stereocenters. The van der Waals surface area contributed by atoms with Crippen LogP contribution in [0, 0.1) is 6.92 Å². The summed E-state index contributed by atoms with van der Waals surface area (Å²) in [6.45, 7) is 3.69. The number of hydrogen-bond acceptors (Lipinski definition) is 4. The fraction of sp³-hybridized carbons (Fsp3) is 0.429. The van der Waals surface area contributed by atoms with Gasteiger partial charge in [-0.1, -0.05) is 12.1 Å². The van der Waals surface area contributed by atoms with Gasteiger partial charge in [0.1, 0.15) is 0 Å². The van der Waals surface area contributed by atoms with E-state index in [9.17, 15) is 22.8 Å². The van der Waals surface area contributed by atoms with Crippen molar-refractivity contribution >= 4 is 17.6 Å². The molecule has 8 heteroatoms. The van der Waals surface area contributed by atoms with Crippen LogP contribution < -0.4 is 10.6 Å². The maximum Gasteiger partial charge on any atom is 0.441 e. The first kappa shape index (κ1) is 17.8. The molecule has 5 nitrogen and oxygen atoms in total. The van der Waals surface area contributed by atoms with Crippen LogP contribution in [0.5, 0.6) is 0 Å². The number of rotatable bonds is 5. The highest BCUT2D eigenvalue weighted by Crippen LogP contribution is 2.33. The number of aryl methyl sites for hydroxylation is 1. The van der Waals surface area contributed by atoms with Crippen molar-refractivity contribution in [2.75, 3.05) is 11.9 Å². The highest BCUT2D eigenvalue weighted by molar-refractivity contribution is 5.90. The molecule has 1 aromatic rings. The third-order valence-corrected chi connectivity index (χ3v) is 2.72. The van der Waals surface area contributed by atoms with Crippen molar-refractivity contribution in [3.63, 3.8) is 0 Å². The van der Waals surface area contributed by atoms with Crippen molar-refractivity contribution in [1.29, 1.82) is 0 Å². The largest absolute Gasteiger partial charge is 0.463 e. The number of benzene rings is 1. The summed E-state index contributed by atoms with van der Waals surface area (Å²) in [5.74, 6) is -2.65. The van der Waals surface area contributed by atoms with Crippen molar-refractivity contribution in [2.24, 2.45) is 0 Å². The summed E-state index contributed by atoms with van der Waals surface area (Å²) >= 11 is 0. The Morgan fingerprint density at radius 2 is 1.91 bits per heavy atom. The molecule has 1 aromatic carbocycles. The Morgan fingerprint density at radius 3 is 2.36 bits per heavy atom. The van der Waals surface area contributed by atoms with Crippen LogP contribution in [0.2, 0.25) is 0 Å². The highest BCUT2D eigenvalue weighted by Gasteiger charge is 2.63. The number of carbonyl (C=O) groups is 2. The molecular weight excluding hydrogens is 301 g/mol. The summed E-state index contributed by atoms with van der Waals surface area (Å²) in [5.41, 5.74) is -2.63. The van der Waals surface area contributed by atoms with E-state index >= 15 is 0 Å². The molecule has 1 amide bonds. The summed E-state index contributed by atoms with van der Waals surface area (Å²) in [6.07, 6.45) is -5.10. The van der Waals surface area contributed by atoms with E-state index in [1.54, 1.807) is 18.3 Å². The van der Waals surface area contributed by atoms with E-state index in [4.69, 9.17) is 0 Å². The van der Waals surface area contributed by atoms with Gasteiger partial charge in [0.2, 0.25) is 5.91 Å². The SMILES string of the molecule is CCOC(=O)[C@](NC(C)=O)(Nc1cccc(C)c1)C(F)(F)F. The molecule has 0 saturated heterocycles. The van der Waals surface area contributed by atoms with Crippen LogP contribution in [0.4, 0.5) is 18.9 Å². The molecule has 0 bridgehead atoms. The quantitative estimate of drug-likeness (QED) is 0.646. The lowest BCUT2D eigenvalue weighted by Crippen LogP contribution is -2.69. The normalized spacial score (nSPS) is 13.9. The Kier molecular flexibility index (Phi) is 5.40. The second-order valence-corrected chi connectivity index (χ2v) is 4.64. The van der Waals surface area contributed by atoms with Gasteiger partial charge in [-0.25, -0.2) is 4.79 Å². The number of hydrogen-bond donors (Lipinski definition) is 2. The zero-order valence-corrected chi connectivity index (χ0v) is 12.4. The summed E-state index contributed by atoms with van der Waals surface area (Å²) in [7, 11) is 0. The van der Waals surface area contributed by atoms with Crippen LogP contribution in [-0.4, -0.2) is 30.3 Å². The average molecular weight is 318 g/mol. The second kappa shape index (κ2) is 6.67. The van der Waals surface area contributed by atoms with Crippen LogP contribution >= 0.6 is 0 Å². The van der Waals surface area contributed by atoms with E-state index < -0.39 is 23.7 Å². The number of esters is 1. The highest BCUT2D eigenvalue weighted by atomic mass is 19.4. The lowest BCUT2D eigenvalue weighted by molar-refractivity contribution is -0.207. The standard InChI is InChI=1S/C14H17F3N2O3/c1-4-22-12(21)13(14(15,16)17,18-10(3)20)19-11-7-5-6-9(2)8-11/h5-8,19H,4H2,1-3H3,(H,18,20)/t13-/m0/s1. The zero-order valence-electron chi connectivity index (χ0n) is 12.4. The van der Waals surface area contributed by atoms with E-state index in [0.717, 1.165) is 6.92 Å². The summed E-state index contributed by atoms with van der Waals surface area (Å²) in [6, 6.07) is 5.98. The van der Waals surface area contributed by atoms with Crippen LogP contribution in [0.25, 0.3) is 0 Å². The van der Waals surface area contributed by atoms with Crippen LogP contribution in [0.3, 0.4) is 0 Å². The monoisotopic (exact) mass is 318 g/mol. The van der Waals surface area contributed by atoms with E-state index in [-0.39, 0.29) is 12.3 Å². The number of anilines is 1. The van der Waals surface area contributed by atoms with E-state index in [2.05, 4.69) is 10.1 Å². The first-order chi connectivity index (χ1) is 10.1. The molecule has 0 aliphatic carbocycles. The third-order valence-electron chi connectivity index (χ3n) is 2.72. The summed E-state index contributed by atoms with van der Waals surface area (Å²) in [5, 5.41) is 3.69. The number of nitrogens with one attached hydrogen (secondary N) is 2. The molecule has 0 aromatic heterocycles. The smallest absolute Gasteiger partial charge is 0.441 e. The van der Waals surface area contributed by atoms with Gasteiger partial charge in [0.05, 0.1) is 6.61 Å². The van der Waals surface area contributed by atoms with Gasteiger partial charge in [-0.15, -0.1) is 0 Å². The van der Waals surface area contributed by atoms with E-state index in [1.165, 1.54) is 25.1 Å². The molecule has 0 aliphatic heterocycles. The summed E-state index contributed by atoms with van der Waals surface area (Å²) < 4.78 is 45.1. The molecule has 122 valence electrons. The van der Waals surface area contributed by atoms with Crippen molar-refractivity contribution < 1.29 is 27.5 Å². The molecule has 0 saturated carbocycles. The van der Waals surface area contributed by atoms with Gasteiger partial charge in [-0.05, 0) is 31.5 Å². The first-order valence-corrected chi connectivity index (χ1v) is 6.50. The molecule has 0 unspecified atom stereocenters. The van der Waals surface area contributed by atoms with Crippen LogP contribution in [0.1, 0.15) is 19.4 Å². The van der Waals surface area contributed by atoms with E-state index in [0.29, 0.717) is 5.56 Å². The molecule has 0 fully saturated rings. The summed E-state index contributed by atoms with van der Waals surface area (Å²) in [4.78, 5) is 23.1. The van der Waals surface area contributed by atoms with Gasteiger partial charge in [0.25, 0.3) is 0 Å². The molecule has 22 heavy (non-hydrogen) atoms. The second-order valence-electron chi connectivity index (χ2n) is 4.64. The Hall–Kier alpha value is -2.25. The van der Waals surface area contributed by atoms with Gasteiger partial charge in [0, 0.05) is 12.6 Å². The topological polar surface area (TPSA) is 67.4 Å². The van der Waals surface area contributed by atoms with Crippen molar-refractivity contribution in [2.45, 2.75) is 32.6 Å². The Labute approximate surface area is 125 Å². The number of carbonyl (C=O) groups excluding carboxylic acids is 2. The molecule has 0 radical (unpaired) electrons. The van der Waals surface area contributed by atoms with Gasteiger partial charge >= 0.3 is 17.8 Å². The number of amides is 1. The van der Waals surface area contributed by atoms with Gasteiger partial charge in [0.15, 0.2) is 0 Å². The number of halogens is 3. The fourth-order valence-electron chi connectivity index (χ4n) is 1.83. The molecule has 2 N–H and O–H groups in total.